The molecule has 4 heteroatoms. The molecule has 110 valence electrons. The lowest BCUT2D eigenvalue weighted by atomic mass is 9.92. The first kappa shape index (κ1) is 15.0. The van der Waals surface area contributed by atoms with Gasteiger partial charge in [-0.15, -0.1) is 0 Å². The van der Waals surface area contributed by atoms with Gasteiger partial charge in [-0.1, -0.05) is 30.3 Å². The zero-order valence-electron chi connectivity index (χ0n) is 11.9. The number of aliphatic hydroxyl groups excluding tert-OH is 1. The normalized spacial score (nSPS) is 20.7. The van der Waals surface area contributed by atoms with Gasteiger partial charge in [-0.2, -0.15) is 0 Å². The molecule has 2 unspecified atom stereocenters. The third-order valence-electron chi connectivity index (χ3n) is 4.10. The summed E-state index contributed by atoms with van der Waals surface area (Å²) in [6.07, 6.45) is 2.90. The lowest BCUT2D eigenvalue weighted by Gasteiger charge is -2.34. The van der Waals surface area contributed by atoms with Gasteiger partial charge in [-0.25, -0.2) is 0 Å². The summed E-state index contributed by atoms with van der Waals surface area (Å²) < 4.78 is 0. The van der Waals surface area contributed by atoms with E-state index >= 15 is 0 Å². The Morgan fingerprint density at radius 3 is 2.80 bits per heavy atom. The molecule has 1 aromatic carbocycles. The second-order valence-electron chi connectivity index (χ2n) is 5.50. The third kappa shape index (κ3) is 3.58. The minimum absolute atomic E-state index is 0.126. The summed E-state index contributed by atoms with van der Waals surface area (Å²) >= 11 is 0. The SMILES string of the molecule is NCC(C(=O)N1CCCC(CCO)C1)c1ccccc1. The summed E-state index contributed by atoms with van der Waals surface area (Å²) in [5.41, 5.74) is 6.81. The van der Waals surface area contributed by atoms with Gasteiger partial charge < -0.3 is 15.7 Å². The third-order valence-corrected chi connectivity index (χ3v) is 4.10. The van der Waals surface area contributed by atoms with Crippen molar-refractivity contribution in [1.82, 2.24) is 4.90 Å². The Morgan fingerprint density at radius 2 is 2.15 bits per heavy atom. The molecular weight excluding hydrogens is 252 g/mol. The number of carbonyl (C=O) groups excluding carboxylic acids is 1. The van der Waals surface area contributed by atoms with E-state index in [1.807, 2.05) is 35.2 Å². The zero-order chi connectivity index (χ0) is 14.4. The summed E-state index contributed by atoms with van der Waals surface area (Å²) in [4.78, 5) is 14.6. The van der Waals surface area contributed by atoms with Crippen molar-refractivity contribution < 1.29 is 9.90 Å². The largest absolute Gasteiger partial charge is 0.396 e. The molecule has 1 aliphatic heterocycles. The van der Waals surface area contributed by atoms with Crippen LogP contribution in [-0.4, -0.2) is 42.2 Å². The fourth-order valence-corrected chi connectivity index (χ4v) is 2.97. The van der Waals surface area contributed by atoms with Crippen molar-refractivity contribution in [3.63, 3.8) is 0 Å². The Hall–Kier alpha value is -1.39. The van der Waals surface area contributed by atoms with Crippen LogP contribution in [0.1, 0.15) is 30.7 Å². The van der Waals surface area contributed by atoms with Gasteiger partial charge in [0.1, 0.15) is 0 Å². The Balaban J connectivity index is 2.05. The van der Waals surface area contributed by atoms with Crippen LogP contribution in [-0.2, 0) is 4.79 Å². The molecule has 1 aliphatic rings. The molecule has 0 bridgehead atoms. The highest BCUT2D eigenvalue weighted by molar-refractivity contribution is 5.84. The maximum atomic E-state index is 12.7. The molecule has 4 nitrogen and oxygen atoms in total. The van der Waals surface area contributed by atoms with Gasteiger partial charge in [-0.05, 0) is 30.7 Å². The molecule has 2 rings (SSSR count). The Morgan fingerprint density at radius 1 is 1.40 bits per heavy atom. The van der Waals surface area contributed by atoms with E-state index < -0.39 is 0 Å². The van der Waals surface area contributed by atoms with Gasteiger partial charge in [0, 0.05) is 26.2 Å². The predicted molar refractivity (Wildman–Crippen MR) is 79.2 cm³/mol. The number of amides is 1. The number of hydrogen-bond donors (Lipinski definition) is 2. The average molecular weight is 276 g/mol. The van der Waals surface area contributed by atoms with Crippen LogP contribution in [0.3, 0.4) is 0 Å². The van der Waals surface area contributed by atoms with E-state index in [1.165, 1.54) is 0 Å². The van der Waals surface area contributed by atoms with Crippen molar-refractivity contribution >= 4 is 5.91 Å². The molecule has 0 spiro atoms. The second kappa shape index (κ2) is 7.41. The van der Waals surface area contributed by atoms with Crippen molar-refractivity contribution in [3.05, 3.63) is 35.9 Å². The number of benzene rings is 1. The van der Waals surface area contributed by atoms with Crippen molar-refractivity contribution in [3.8, 4) is 0 Å². The molecule has 2 atom stereocenters. The number of hydrogen-bond acceptors (Lipinski definition) is 3. The number of nitrogens with two attached hydrogens (primary N) is 1. The highest BCUT2D eigenvalue weighted by Gasteiger charge is 2.28. The average Bonchev–Trinajstić information content (AvgIpc) is 2.50. The van der Waals surface area contributed by atoms with E-state index in [2.05, 4.69) is 0 Å². The molecule has 1 amide bonds. The first-order valence-electron chi connectivity index (χ1n) is 7.41. The standard InChI is InChI=1S/C16H24N2O2/c17-11-15(14-6-2-1-3-7-14)16(20)18-9-4-5-13(12-18)8-10-19/h1-3,6-7,13,15,19H,4-5,8-12,17H2. The molecule has 0 saturated carbocycles. The van der Waals surface area contributed by atoms with Gasteiger partial charge in [0.2, 0.25) is 5.91 Å². The zero-order valence-corrected chi connectivity index (χ0v) is 11.9. The van der Waals surface area contributed by atoms with Gasteiger partial charge in [0.25, 0.3) is 0 Å². The van der Waals surface area contributed by atoms with Crippen LogP contribution in [0.25, 0.3) is 0 Å². The minimum Gasteiger partial charge on any atom is -0.396 e. The maximum Gasteiger partial charge on any atom is 0.231 e. The number of likely N-dealkylation sites (tertiary alicyclic amines) is 1. The van der Waals surface area contributed by atoms with Gasteiger partial charge in [0.05, 0.1) is 5.92 Å². The van der Waals surface area contributed by atoms with Crippen molar-refractivity contribution in [2.75, 3.05) is 26.2 Å². The van der Waals surface area contributed by atoms with Crippen LogP contribution in [0, 0.1) is 5.92 Å². The number of aliphatic hydroxyl groups is 1. The summed E-state index contributed by atoms with van der Waals surface area (Å²) in [6, 6.07) is 9.75. The predicted octanol–water partition coefficient (Wildman–Crippen LogP) is 1.35. The summed E-state index contributed by atoms with van der Waals surface area (Å²) in [7, 11) is 0. The molecule has 3 N–H and O–H groups in total. The van der Waals surface area contributed by atoms with Crippen LogP contribution < -0.4 is 5.73 Å². The van der Waals surface area contributed by atoms with Crippen molar-refractivity contribution in [2.45, 2.75) is 25.2 Å². The van der Waals surface area contributed by atoms with E-state index in [4.69, 9.17) is 10.8 Å². The Kier molecular flexibility index (Phi) is 5.56. The van der Waals surface area contributed by atoms with E-state index in [1.54, 1.807) is 0 Å². The molecule has 1 saturated heterocycles. The minimum atomic E-state index is -0.246. The number of carbonyl (C=O) groups is 1. The first-order chi connectivity index (χ1) is 9.76. The highest BCUT2D eigenvalue weighted by atomic mass is 16.3. The number of nitrogens with zero attached hydrogens (tertiary/aromatic N) is 1. The van der Waals surface area contributed by atoms with Crippen LogP contribution in [0.5, 0.6) is 0 Å². The molecule has 1 fully saturated rings. The summed E-state index contributed by atoms with van der Waals surface area (Å²) in [5, 5.41) is 9.05. The maximum absolute atomic E-state index is 12.7. The summed E-state index contributed by atoms with van der Waals surface area (Å²) in [5.74, 6) is 0.303. The molecule has 0 radical (unpaired) electrons. The molecule has 1 heterocycles. The van der Waals surface area contributed by atoms with Crippen LogP contribution in [0.2, 0.25) is 0 Å². The summed E-state index contributed by atoms with van der Waals surface area (Å²) in [6.45, 7) is 2.10. The quantitative estimate of drug-likeness (QED) is 0.853. The number of piperidine rings is 1. The van der Waals surface area contributed by atoms with Gasteiger partial charge in [-0.3, -0.25) is 4.79 Å². The van der Waals surface area contributed by atoms with E-state index in [0.717, 1.165) is 37.9 Å². The molecule has 20 heavy (non-hydrogen) atoms. The fourth-order valence-electron chi connectivity index (χ4n) is 2.97. The van der Waals surface area contributed by atoms with E-state index in [0.29, 0.717) is 12.5 Å². The Labute approximate surface area is 120 Å². The lowest BCUT2D eigenvalue weighted by Crippen LogP contribution is -2.44. The molecule has 0 aromatic heterocycles. The van der Waals surface area contributed by atoms with Crippen LogP contribution in [0.15, 0.2) is 30.3 Å². The van der Waals surface area contributed by atoms with Crippen molar-refractivity contribution in [2.24, 2.45) is 11.7 Å². The first-order valence-corrected chi connectivity index (χ1v) is 7.41. The van der Waals surface area contributed by atoms with E-state index in [9.17, 15) is 4.79 Å². The van der Waals surface area contributed by atoms with E-state index in [-0.39, 0.29) is 18.4 Å². The molecule has 1 aromatic rings. The van der Waals surface area contributed by atoms with Crippen LogP contribution >= 0.6 is 0 Å². The smallest absolute Gasteiger partial charge is 0.231 e. The van der Waals surface area contributed by atoms with Crippen molar-refractivity contribution in [1.29, 1.82) is 0 Å². The molecular formula is C16H24N2O2. The van der Waals surface area contributed by atoms with Gasteiger partial charge >= 0.3 is 0 Å². The molecule has 0 aliphatic carbocycles. The lowest BCUT2D eigenvalue weighted by molar-refractivity contribution is -0.134. The topological polar surface area (TPSA) is 66.6 Å². The Bertz CT molecular complexity index is 420. The second-order valence-corrected chi connectivity index (χ2v) is 5.50. The fraction of sp³-hybridized carbons (Fsp3) is 0.562. The van der Waals surface area contributed by atoms with Gasteiger partial charge in [0.15, 0.2) is 0 Å². The number of rotatable bonds is 5. The van der Waals surface area contributed by atoms with Crippen LogP contribution in [0.4, 0.5) is 0 Å². The highest BCUT2D eigenvalue weighted by Crippen LogP contribution is 2.24. The monoisotopic (exact) mass is 276 g/mol.